The lowest BCUT2D eigenvalue weighted by Crippen LogP contribution is -2.53. The standard InChI is InChI=1S/C20H39N5O2/c1-15(2)25-9-8-18(14-25)19(26)22-16(3)6-7-17(4)23-10-12-24(13-11-23)20(27)21-5/h15-18H,6-14H2,1-5H3,(H,21,27)(H,22,26). The number of likely N-dealkylation sites (tertiary alicyclic amines) is 1. The molecule has 7 heteroatoms. The normalized spacial score (nSPS) is 24.1. The molecule has 3 atom stereocenters. The summed E-state index contributed by atoms with van der Waals surface area (Å²) in [5.74, 6) is 0.363. The van der Waals surface area contributed by atoms with Crippen LogP contribution in [0.1, 0.15) is 47.0 Å². The molecule has 0 spiro atoms. The highest BCUT2D eigenvalue weighted by Crippen LogP contribution is 2.19. The van der Waals surface area contributed by atoms with Gasteiger partial charge in [0.05, 0.1) is 5.92 Å². The topological polar surface area (TPSA) is 67.9 Å². The molecule has 2 aliphatic heterocycles. The van der Waals surface area contributed by atoms with E-state index in [1.54, 1.807) is 7.05 Å². The lowest BCUT2D eigenvalue weighted by Gasteiger charge is -2.38. The van der Waals surface area contributed by atoms with E-state index in [1.807, 2.05) is 4.90 Å². The third-order valence-corrected chi connectivity index (χ3v) is 6.17. The zero-order valence-corrected chi connectivity index (χ0v) is 17.8. The van der Waals surface area contributed by atoms with Gasteiger partial charge in [0.2, 0.25) is 5.91 Å². The fraction of sp³-hybridized carbons (Fsp3) is 0.900. The second-order valence-corrected chi connectivity index (χ2v) is 8.49. The third kappa shape index (κ3) is 6.35. The number of nitrogens with zero attached hydrogens (tertiary/aromatic N) is 3. The molecule has 2 rings (SSSR count). The molecule has 27 heavy (non-hydrogen) atoms. The van der Waals surface area contributed by atoms with E-state index in [0.717, 1.165) is 58.5 Å². The second-order valence-electron chi connectivity index (χ2n) is 8.49. The van der Waals surface area contributed by atoms with Gasteiger partial charge in [-0.15, -0.1) is 0 Å². The Morgan fingerprint density at radius 1 is 0.963 bits per heavy atom. The Labute approximate surface area is 164 Å². The molecule has 0 aliphatic carbocycles. The van der Waals surface area contributed by atoms with E-state index >= 15 is 0 Å². The molecule has 0 aromatic heterocycles. The van der Waals surface area contributed by atoms with E-state index in [0.29, 0.717) is 12.1 Å². The summed E-state index contributed by atoms with van der Waals surface area (Å²) in [5.41, 5.74) is 0. The highest BCUT2D eigenvalue weighted by atomic mass is 16.2. The van der Waals surface area contributed by atoms with Crippen LogP contribution in [0.2, 0.25) is 0 Å². The molecule has 2 fully saturated rings. The van der Waals surface area contributed by atoms with Crippen LogP contribution in [0, 0.1) is 5.92 Å². The fourth-order valence-electron chi connectivity index (χ4n) is 4.10. The predicted molar refractivity (Wildman–Crippen MR) is 109 cm³/mol. The van der Waals surface area contributed by atoms with E-state index in [9.17, 15) is 9.59 Å². The summed E-state index contributed by atoms with van der Waals surface area (Å²) < 4.78 is 0. The van der Waals surface area contributed by atoms with Crippen LogP contribution in [0.3, 0.4) is 0 Å². The summed E-state index contributed by atoms with van der Waals surface area (Å²) in [7, 11) is 1.68. The summed E-state index contributed by atoms with van der Waals surface area (Å²) >= 11 is 0. The highest BCUT2D eigenvalue weighted by Gasteiger charge is 2.30. The number of nitrogens with one attached hydrogen (secondary N) is 2. The smallest absolute Gasteiger partial charge is 0.317 e. The summed E-state index contributed by atoms with van der Waals surface area (Å²) in [6.45, 7) is 14.1. The quantitative estimate of drug-likeness (QED) is 0.699. The van der Waals surface area contributed by atoms with Crippen LogP contribution in [0.4, 0.5) is 4.79 Å². The Morgan fingerprint density at radius 3 is 2.19 bits per heavy atom. The molecule has 2 aliphatic rings. The van der Waals surface area contributed by atoms with Crippen molar-refractivity contribution in [1.82, 2.24) is 25.3 Å². The van der Waals surface area contributed by atoms with Gasteiger partial charge in [-0.1, -0.05) is 0 Å². The molecule has 0 aromatic rings. The number of piperazine rings is 1. The molecule has 0 aromatic carbocycles. The molecule has 0 bridgehead atoms. The van der Waals surface area contributed by atoms with Gasteiger partial charge >= 0.3 is 6.03 Å². The summed E-state index contributed by atoms with van der Waals surface area (Å²) in [6.07, 6.45) is 3.02. The van der Waals surface area contributed by atoms with Gasteiger partial charge in [-0.05, 0) is 53.5 Å². The molecular formula is C20H39N5O2. The first kappa shape index (κ1) is 22.0. The number of carbonyl (C=O) groups is 2. The minimum absolute atomic E-state index is 0.0154. The van der Waals surface area contributed by atoms with Crippen LogP contribution >= 0.6 is 0 Å². The first-order chi connectivity index (χ1) is 12.8. The number of carbonyl (C=O) groups excluding carboxylic acids is 2. The van der Waals surface area contributed by atoms with Gasteiger partial charge in [-0.2, -0.15) is 0 Å². The van der Waals surface area contributed by atoms with Crippen molar-refractivity contribution < 1.29 is 9.59 Å². The molecule has 3 amide bonds. The minimum Gasteiger partial charge on any atom is -0.353 e. The lowest BCUT2D eigenvalue weighted by atomic mass is 10.0. The molecule has 3 unspecified atom stereocenters. The highest BCUT2D eigenvalue weighted by molar-refractivity contribution is 5.79. The van der Waals surface area contributed by atoms with Gasteiger partial charge in [-0.3, -0.25) is 9.69 Å². The monoisotopic (exact) mass is 381 g/mol. The van der Waals surface area contributed by atoms with Gasteiger partial charge in [0.1, 0.15) is 0 Å². The Morgan fingerprint density at radius 2 is 1.63 bits per heavy atom. The number of rotatable bonds is 7. The van der Waals surface area contributed by atoms with E-state index < -0.39 is 0 Å². The first-order valence-corrected chi connectivity index (χ1v) is 10.6. The zero-order chi connectivity index (χ0) is 20.0. The van der Waals surface area contributed by atoms with Gasteiger partial charge in [0, 0.05) is 57.9 Å². The molecule has 2 saturated heterocycles. The maximum Gasteiger partial charge on any atom is 0.317 e. The molecule has 2 N–H and O–H groups in total. The van der Waals surface area contributed by atoms with Crippen LogP contribution in [-0.2, 0) is 4.79 Å². The molecule has 7 nitrogen and oxygen atoms in total. The van der Waals surface area contributed by atoms with Gasteiger partial charge in [-0.25, -0.2) is 4.79 Å². The van der Waals surface area contributed by atoms with E-state index in [-0.39, 0.29) is 23.9 Å². The van der Waals surface area contributed by atoms with Crippen molar-refractivity contribution in [3.05, 3.63) is 0 Å². The lowest BCUT2D eigenvalue weighted by molar-refractivity contribution is -0.125. The van der Waals surface area contributed by atoms with Crippen molar-refractivity contribution in [1.29, 1.82) is 0 Å². The molecule has 156 valence electrons. The van der Waals surface area contributed by atoms with Crippen molar-refractivity contribution in [2.75, 3.05) is 46.3 Å². The zero-order valence-electron chi connectivity index (χ0n) is 17.8. The molecule has 0 saturated carbocycles. The number of amides is 3. The maximum absolute atomic E-state index is 12.5. The minimum atomic E-state index is 0.0154. The van der Waals surface area contributed by atoms with E-state index in [1.165, 1.54) is 0 Å². The van der Waals surface area contributed by atoms with Crippen LogP contribution in [0.5, 0.6) is 0 Å². The second kappa shape index (κ2) is 10.3. The van der Waals surface area contributed by atoms with Crippen molar-refractivity contribution in [3.8, 4) is 0 Å². The van der Waals surface area contributed by atoms with Crippen molar-refractivity contribution >= 4 is 11.9 Å². The van der Waals surface area contributed by atoms with Crippen molar-refractivity contribution in [2.45, 2.75) is 65.1 Å². The Bertz CT molecular complexity index is 491. The van der Waals surface area contributed by atoms with Crippen LogP contribution in [0.25, 0.3) is 0 Å². The number of hydrogen-bond acceptors (Lipinski definition) is 4. The fourth-order valence-corrected chi connectivity index (χ4v) is 4.10. The number of urea groups is 1. The molecule has 2 heterocycles. The largest absolute Gasteiger partial charge is 0.353 e. The van der Waals surface area contributed by atoms with Crippen LogP contribution < -0.4 is 10.6 Å². The summed E-state index contributed by atoms with van der Waals surface area (Å²) in [6, 6.07) is 1.21. The molecular weight excluding hydrogens is 342 g/mol. The third-order valence-electron chi connectivity index (χ3n) is 6.17. The number of hydrogen-bond donors (Lipinski definition) is 2. The maximum atomic E-state index is 12.5. The van der Waals surface area contributed by atoms with E-state index in [4.69, 9.17) is 0 Å². The van der Waals surface area contributed by atoms with Gasteiger partial charge in [0.25, 0.3) is 0 Å². The van der Waals surface area contributed by atoms with Crippen LogP contribution in [0.15, 0.2) is 0 Å². The average Bonchev–Trinajstić information content (AvgIpc) is 3.16. The van der Waals surface area contributed by atoms with Gasteiger partial charge < -0.3 is 20.4 Å². The van der Waals surface area contributed by atoms with Crippen molar-refractivity contribution in [3.63, 3.8) is 0 Å². The Kier molecular flexibility index (Phi) is 8.35. The molecule has 0 radical (unpaired) electrons. The SMILES string of the molecule is CNC(=O)N1CCN(C(C)CCC(C)NC(=O)C2CCN(C(C)C)C2)CC1. The first-order valence-electron chi connectivity index (χ1n) is 10.6. The van der Waals surface area contributed by atoms with Crippen molar-refractivity contribution in [2.24, 2.45) is 5.92 Å². The van der Waals surface area contributed by atoms with Gasteiger partial charge in [0.15, 0.2) is 0 Å². The average molecular weight is 382 g/mol. The summed E-state index contributed by atoms with van der Waals surface area (Å²) in [5, 5.41) is 5.92. The predicted octanol–water partition coefficient (Wildman–Crippen LogP) is 1.35. The summed E-state index contributed by atoms with van der Waals surface area (Å²) in [4.78, 5) is 30.9. The Hall–Kier alpha value is -1.34. The van der Waals surface area contributed by atoms with E-state index in [2.05, 4.69) is 48.1 Å². The van der Waals surface area contributed by atoms with Crippen LogP contribution in [-0.4, -0.2) is 91.1 Å². The Balaban J connectivity index is 1.66.